The highest BCUT2D eigenvalue weighted by molar-refractivity contribution is 6.20. The summed E-state index contributed by atoms with van der Waals surface area (Å²) in [4.78, 5) is 0. The number of fused-ring (bicyclic) bond motifs is 17. The molecule has 2 aliphatic rings. The van der Waals surface area contributed by atoms with Crippen LogP contribution in [-0.4, -0.2) is 0 Å². The van der Waals surface area contributed by atoms with Crippen LogP contribution >= 0.6 is 0 Å². The zero-order valence-corrected chi connectivity index (χ0v) is 30.4. The van der Waals surface area contributed by atoms with Gasteiger partial charge < -0.3 is 4.42 Å². The summed E-state index contributed by atoms with van der Waals surface area (Å²) < 4.78 is 6.65. The maximum Gasteiger partial charge on any atom is 0.143 e. The molecule has 0 N–H and O–H groups in total. The van der Waals surface area contributed by atoms with E-state index in [2.05, 4.69) is 194 Å². The molecule has 1 aromatic heterocycles. The van der Waals surface area contributed by atoms with Crippen molar-refractivity contribution in [3.05, 3.63) is 216 Å². The molecule has 0 fully saturated rings. The van der Waals surface area contributed by atoms with Crippen molar-refractivity contribution in [3.8, 4) is 44.5 Å². The molecule has 1 heterocycles. The first-order valence-corrected chi connectivity index (χ1v) is 19.5. The van der Waals surface area contributed by atoms with E-state index in [1.165, 1.54) is 93.7 Å². The molecule has 0 atom stereocenters. The molecule has 258 valence electrons. The summed E-state index contributed by atoms with van der Waals surface area (Å²) in [5.41, 5.74) is 17.0. The molecule has 0 bridgehead atoms. The highest BCUT2D eigenvalue weighted by Gasteiger charge is 2.52. The Morgan fingerprint density at radius 2 is 0.911 bits per heavy atom. The fourth-order valence-corrected chi connectivity index (χ4v) is 10.6. The monoisotopic (exact) mass is 708 g/mol. The lowest BCUT2D eigenvalue weighted by atomic mass is 9.70. The number of hydrogen-bond donors (Lipinski definition) is 0. The number of rotatable bonds is 2. The van der Waals surface area contributed by atoms with Crippen LogP contribution in [0.2, 0.25) is 0 Å². The Kier molecular flexibility index (Phi) is 5.89. The Balaban J connectivity index is 1.16. The number of furan rings is 1. The van der Waals surface area contributed by atoms with E-state index in [0.29, 0.717) is 0 Å². The average Bonchev–Trinajstić information content (AvgIpc) is 3.90. The van der Waals surface area contributed by atoms with Crippen molar-refractivity contribution >= 4 is 54.3 Å². The smallest absolute Gasteiger partial charge is 0.143 e. The SMILES string of the molecule is c1ccc2c(c1)-c1ccccc1C21c2ccccc2-c2c1cc1cc(-c3cccc4oc5c6ccccc6ccc5c34)ccc1c2-c1ccc2ccccc2c1. The van der Waals surface area contributed by atoms with Gasteiger partial charge in [-0.15, -0.1) is 0 Å². The van der Waals surface area contributed by atoms with Crippen molar-refractivity contribution in [1.29, 1.82) is 0 Å². The molecular weight excluding hydrogens is 677 g/mol. The van der Waals surface area contributed by atoms with E-state index in [0.717, 1.165) is 27.3 Å². The fraction of sp³-hybridized carbons (Fsp3) is 0.0182. The molecule has 11 aromatic rings. The van der Waals surface area contributed by atoms with Crippen molar-refractivity contribution in [2.45, 2.75) is 5.41 Å². The van der Waals surface area contributed by atoms with Crippen LogP contribution < -0.4 is 0 Å². The molecule has 13 rings (SSSR count). The number of hydrogen-bond acceptors (Lipinski definition) is 1. The van der Waals surface area contributed by atoms with E-state index in [1.54, 1.807) is 0 Å². The first kappa shape index (κ1) is 30.1. The minimum Gasteiger partial charge on any atom is -0.455 e. The summed E-state index contributed by atoms with van der Waals surface area (Å²) in [6.07, 6.45) is 0. The molecule has 0 saturated carbocycles. The van der Waals surface area contributed by atoms with Gasteiger partial charge in [-0.3, -0.25) is 0 Å². The van der Waals surface area contributed by atoms with Gasteiger partial charge in [0, 0.05) is 16.2 Å². The molecular formula is C55H32O. The van der Waals surface area contributed by atoms with Crippen LogP contribution in [0.5, 0.6) is 0 Å². The third-order valence-electron chi connectivity index (χ3n) is 12.8. The van der Waals surface area contributed by atoms with E-state index in [1.807, 2.05) is 0 Å². The van der Waals surface area contributed by atoms with Gasteiger partial charge in [-0.2, -0.15) is 0 Å². The Bertz CT molecular complexity index is 3440. The Hall–Kier alpha value is -7.22. The van der Waals surface area contributed by atoms with Gasteiger partial charge in [-0.25, -0.2) is 0 Å². The average molecular weight is 709 g/mol. The molecule has 2 aliphatic carbocycles. The first-order valence-electron chi connectivity index (χ1n) is 19.5. The summed E-state index contributed by atoms with van der Waals surface area (Å²) in [6, 6.07) is 72.2. The predicted octanol–water partition coefficient (Wildman–Crippen LogP) is 14.7. The minimum atomic E-state index is -0.448. The summed E-state index contributed by atoms with van der Waals surface area (Å²) in [6.45, 7) is 0. The Morgan fingerprint density at radius 1 is 0.321 bits per heavy atom. The van der Waals surface area contributed by atoms with Gasteiger partial charge >= 0.3 is 0 Å². The molecule has 0 amide bonds. The van der Waals surface area contributed by atoms with Crippen molar-refractivity contribution < 1.29 is 4.42 Å². The summed E-state index contributed by atoms with van der Waals surface area (Å²) >= 11 is 0. The fourth-order valence-electron chi connectivity index (χ4n) is 10.6. The maximum absolute atomic E-state index is 6.65. The molecule has 0 aliphatic heterocycles. The highest BCUT2D eigenvalue weighted by atomic mass is 16.3. The van der Waals surface area contributed by atoms with Gasteiger partial charge in [0.1, 0.15) is 11.2 Å². The van der Waals surface area contributed by atoms with Crippen LogP contribution in [0.1, 0.15) is 22.3 Å². The lowest BCUT2D eigenvalue weighted by Gasteiger charge is -2.31. The third-order valence-corrected chi connectivity index (χ3v) is 12.8. The standard InChI is InChI=1S/C55H32O/c1-2-14-35-30-37(25-24-33(35)12-1)51-40-28-27-36(39-19-11-23-50-52(39)45-29-26-34-13-3-4-15-41(34)54(45)56-50)31-38(40)32-49-53(51)44-18-7-10-22-48(44)55(49)46-20-8-5-16-42(46)43-17-6-9-21-47(43)55/h1-32H. The van der Waals surface area contributed by atoms with Gasteiger partial charge in [-0.1, -0.05) is 164 Å². The van der Waals surface area contributed by atoms with E-state index in [-0.39, 0.29) is 0 Å². The second-order valence-corrected chi connectivity index (χ2v) is 15.5. The van der Waals surface area contributed by atoms with Crippen LogP contribution in [0.4, 0.5) is 0 Å². The zero-order chi connectivity index (χ0) is 36.5. The first-order chi connectivity index (χ1) is 27.8. The maximum atomic E-state index is 6.65. The quantitative estimate of drug-likeness (QED) is 0.174. The molecule has 0 unspecified atom stereocenters. The molecule has 0 saturated heterocycles. The van der Waals surface area contributed by atoms with E-state index >= 15 is 0 Å². The number of benzene rings is 10. The Morgan fingerprint density at radius 3 is 1.71 bits per heavy atom. The molecule has 1 heteroatoms. The van der Waals surface area contributed by atoms with Crippen molar-refractivity contribution in [2.75, 3.05) is 0 Å². The predicted molar refractivity (Wildman–Crippen MR) is 233 cm³/mol. The van der Waals surface area contributed by atoms with Crippen LogP contribution in [0, 0.1) is 0 Å². The van der Waals surface area contributed by atoms with E-state index < -0.39 is 5.41 Å². The van der Waals surface area contributed by atoms with Gasteiger partial charge in [0.15, 0.2) is 0 Å². The molecule has 56 heavy (non-hydrogen) atoms. The van der Waals surface area contributed by atoms with Gasteiger partial charge in [-0.05, 0) is 124 Å². The van der Waals surface area contributed by atoms with Crippen LogP contribution in [0.15, 0.2) is 199 Å². The normalized spacial score (nSPS) is 13.5. The van der Waals surface area contributed by atoms with Gasteiger partial charge in [0.05, 0.1) is 5.41 Å². The van der Waals surface area contributed by atoms with Gasteiger partial charge in [0.25, 0.3) is 0 Å². The summed E-state index contributed by atoms with van der Waals surface area (Å²) in [7, 11) is 0. The van der Waals surface area contributed by atoms with Gasteiger partial charge in [0.2, 0.25) is 0 Å². The minimum absolute atomic E-state index is 0.448. The highest BCUT2D eigenvalue weighted by Crippen LogP contribution is 2.65. The second kappa shape index (κ2) is 10.9. The van der Waals surface area contributed by atoms with E-state index in [4.69, 9.17) is 4.42 Å². The van der Waals surface area contributed by atoms with Crippen molar-refractivity contribution in [3.63, 3.8) is 0 Å². The topological polar surface area (TPSA) is 13.1 Å². The van der Waals surface area contributed by atoms with Crippen LogP contribution in [-0.2, 0) is 5.41 Å². The largest absolute Gasteiger partial charge is 0.455 e. The molecule has 1 spiro atoms. The molecule has 1 nitrogen and oxygen atoms in total. The molecule has 10 aromatic carbocycles. The second-order valence-electron chi connectivity index (χ2n) is 15.5. The third kappa shape index (κ3) is 3.79. The van der Waals surface area contributed by atoms with Crippen LogP contribution in [0.25, 0.3) is 98.8 Å². The zero-order valence-electron chi connectivity index (χ0n) is 30.4. The lowest BCUT2D eigenvalue weighted by molar-refractivity contribution is 0.673. The summed E-state index contributed by atoms with van der Waals surface area (Å²) in [5, 5.41) is 9.61. The van der Waals surface area contributed by atoms with Crippen molar-refractivity contribution in [1.82, 2.24) is 0 Å². The molecule has 0 radical (unpaired) electrons. The summed E-state index contributed by atoms with van der Waals surface area (Å²) in [5.74, 6) is 0. The van der Waals surface area contributed by atoms with E-state index in [9.17, 15) is 0 Å². The Labute approximate surface area is 323 Å². The van der Waals surface area contributed by atoms with Crippen molar-refractivity contribution in [2.24, 2.45) is 0 Å². The van der Waals surface area contributed by atoms with Crippen LogP contribution in [0.3, 0.4) is 0 Å². The lowest BCUT2D eigenvalue weighted by Crippen LogP contribution is -2.25.